The first-order valence-corrected chi connectivity index (χ1v) is 7.15. The Morgan fingerprint density at radius 1 is 1.39 bits per heavy atom. The molecule has 2 nitrogen and oxygen atoms in total. The molecular formula is C15H16N2S. The van der Waals surface area contributed by atoms with Gasteiger partial charge in [0.05, 0.1) is 0 Å². The SMILES string of the molecule is Cc1cnc(N)c(CC2CSc3ccccc32)c1. The number of nitrogen functional groups attached to an aromatic ring is 1. The van der Waals surface area contributed by atoms with Crippen LogP contribution in [0.15, 0.2) is 41.4 Å². The number of nitrogens with zero attached hydrogens (tertiary/aromatic N) is 1. The first kappa shape index (κ1) is 11.6. The first-order valence-electron chi connectivity index (χ1n) is 6.17. The zero-order valence-electron chi connectivity index (χ0n) is 10.4. The number of hydrogen-bond donors (Lipinski definition) is 1. The molecule has 0 aliphatic carbocycles. The Kier molecular flexibility index (Phi) is 3.00. The first-order chi connectivity index (χ1) is 8.74. The molecule has 2 N–H and O–H groups in total. The summed E-state index contributed by atoms with van der Waals surface area (Å²) in [5.74, 6) is 2.39. The van der Waals surface area contributed by atoms with Crippen molar-refractivity contribution in [3.05, 3.63) is 53.2 Å². The number of pyridine rings is 1. The van der Waals surface area contributed by atoms with E-state index in [0.29, 0.717) is 11.7 Å². The van der Waals surface area contributed by atoms with Gasteiger partial charge in [0.25, 0.3) is 0 Å². The summed E-state index contributed by atoms with van der Waals surface area (Å²) >= 11 is 1.94. The predicted octanol–water partition coefficient (Wildman–Crippen LogP) is 3.40. The molecule has 1 aliphatic heterocycles. The summed E-state index contributed by atoms with van der Waals surface area (Å²) in [6.45, 7) is 2.06. The normalized spacial score (nSPS) is 17.7. The van der Waals surface area contributed by atoms with E-state index < -0.39 is 0 Å². The van der Waals surface area contributed by atoms with Crippen LogP contribution in [-0.2, 0) is 6.42 Å². The third-order valence-electron chi connectivity index (χ3n) is 3.40. The molecule has 1 atom stereocenters. The summed E-state index contributed by atoms with van der Waals surface area (Å²) in [4.78, 5) is 5.67. The van der Waals surface area contributed by atoms with Gasteiger partial charge in [-0.05, 0) is 42.0 Å². The largest absolute Gasteiger partial charge is 0.383 e. The molecule has 92 valence electrons. The summed E-state index contributed by atoms with van der Waals surface area (Å²) in [5, 5.41) is 0. The molecule has 1 aromatic heterocycles. The van der Waals surface area contributed by atoms with E-state index in [0.717, 1.165) is 12.2 Å². The van der Waals surface area contributed by atoms with Crippen molar-refractivity contribution < 1.29 is 0 Å². The van der Waals surface area contributed by atoms with Gasteiger partial charge in [-0.25, -0.2) is 4.98 Å². The van der Waals surface area contributed by atoms with Crippen molar-refractivity contribution in [3.8, 4) is 0 Å². The minimum Gasteiger partial charge on any atom is -0.383 e. The Bertz CT molecular complexity index is 580. The monoisotopic (exact) mass is 256 g/mol. The van der Waals surface area contributed by atoms with Crippen LogP contribution in [-0.4, -0.2) is 10.7 Å². The predicted molar refractivity (Wildman–Crippen MR) is 77.0 cm³/mol. The Balaban J connectivity index is 1.88. The van der Waals surface area contributed by atoms with Crippen LogP contribution in [0.3, 0.4) is 0 Å². The molecule has 2 aromatic rings. The van der Waals surface area contributed by atoms with Crippen LogP contribution >= 0.6 is 11.8 Å². The summed E-state index contributed by atoms with van der Waals surface area (Å²) in [6, 6.07) is 10.8. The highest BCUT2D eigenvalue weighted by atomic mass is 32.2. The lowest BCUT2D eigenvalue weighted by Crippen LogP contribution is -2.06. The van der Waals surface area contributed by atoms with E-state index >= 15 is 0 Å². The molecule has 0 fully saturated rings. The molecule has 0 amide bonds. The molecule has 0 saturated heterocycles. The van der Waals surface area contributed by atoms with E-state index in [4.69, 9.17) is 5.73 Å². The third kappa shape index (κ3) is 2.10. The number of nitrogens with two attached hydrogens (primary N) is 1. The van der Waals surface area contributed by atoms with Crippen LogP contribution in [0.4, 0.5) is 5.82 Å². The quantitative estimate of drug-likeness (QED) is 0.895. The van der Waals surface area contributed by atoms with E-state index in [1.807, 2.05) is 18.0 Å². The highest BCUT2D eigenvalue weighted by Gasteiger charge is 2.23. The van der Waals surface area contributed by atoms with Crippen molar-refractivity contribution in [2.45, 2.75) is 24.2 Å². The summed E-state index contributed by atoms with van der Waals surface area (Å²) in [6.07, 6.45) is 2.82. The molecule has 0 radical (unpaired) electrons. The van der Waals surface area contributed by atoms with Crippen molar-refractivity contribution in [3.63, 3.8) is 0 Å². The lowest BCUT2D eigenvalue weighted by molar-refractivity contribution is 0.771. The average Bonchev–Trinajstić information content (AvgIpc) is 2.78. The van der Waals surface area contributed by atoms with Gasteiger partial charge in [0.2, 0.25) is 0 Å². The molecule has 0 bridgehead atoms. The van der Waals surface area contributed by atoms with Gasteiger partial charge in [-0.2, -0.15) is 0 Å². The van der Waals surface area contributed by atoms with Gasteiger partial charge in [0, 0.05) is 16.8 Å². The maximum absolute atomic E-state index is 5.97. The molecule has 1 aromatic carbocycles. The molecule has 2 heterocycles. The van der Waals surface area contributed by atoms with E-state index in [1.54, 1.807) is 0 Å². The van der Waals surface area contributed by atoms with Gasteiger partial charge < -0.3 is 5.73 Å². The lowest BCUT2D eigenvalue weighted by Gasteiger charge is -2.12. The number of aromatic nitrogens is 1. The van der Waals surface area contributed by atoms with Crippen LogP contribution in [0.25, 0.3) is 0 Å². The summed E-state index contributed by atoms with van der Waals surface area (Å²) in [7, 11) is 0. The maximum Gasteiger partial charge on any atom is 0.126 e. The van der Waals surface area contributed by atoms with E-state index in [2.05, 4.69) is 42.2 Å². The van der Waals surface area contributed by atoms with Gasteiger partial charge in [0.1, 0.15) is 5.82 Å². The summed E-state index contributed by atoms with van der Waals surface area (Å²) in [5.41, 5.74) is 9.79. The van der Waals surface area contributed by atoms with Crippen molar-refractivity contribution in [1.29, 1.82) is 0 Å². The fourth-order valence-corrected chi connectivity index (χ4v) is 3.72. The Morgan fingerprint density at radius 3 is 3.11 bits per heavy atom. The number of aryl methyl sites for hydroxylation is 1. The van der Waals surface area contributed by atoms with Crippen molar-refractivity contribution in [2.75, 3.05) is 11.5 Å². The minimum atomic E-state index is 0.567. The van der Waals surface area contributed by atoms with Crippen molar-refractivity contribution in [1.82, 2.24) is 4.98 Å². The van der Waals surface area contributed by atoms with Crippen molar-refractivity contribution >= 4 is 17.6 Å². The fraction of sp³-hybridized carbons (Fsp3) is 0.267. The molecular weight excluding hydrogens is 240 g/mol. The average molecular weight is 256 g/mol. The zero-order valence-corrected chi connectivity index (χ0v) is 11.2. The second kappa shape index (κ2) is 4.65. The van der Waals surface area contributed by atoms with Gasteiger partial charge in [-0.1, -0.05) is 24.3 Å². The second-order valence-corrected chi connectivity index (χ2v) is 5.87. The van der Waals surface area contributed by atoms with Crippen LogP contribution < -0.4 is 5.73 Å². The molecule has 1 unspecified atom stereocenters. The number of hydrogen-bond acceptors (Lipinski definition) is 3. The maximum atomic E-state index is 5.97. The van der Waals surface area contributed by atoms with E-state index in [-0.39, 0.29) is 0 Å². The molecule has 1 aliphatic rings. The van der Waals surface area contributed by atoms with Gasteiger partial charge >= 0.3 is 0 Å². The van der Waals surface area contributed by atoms with Gasteiger partial charge in [0.15, 0.2) is 0 Å². The molecule has 0 saturated carbocycles. The molecule has 3 rings (SSSR count). The zero-order chi connectivity index (χ0) is 12.5. The topological polar surface area (TPSA) is 38.9 Å². The lowest BCUT2D eigenvalue weighted by atomic mass is 9.93. The van der Waals surface area contributed by atoms with Crippen LogP contribution in [0, 0.1) is 6.92 Å². The van der Waals surface area contributed by atoms with E-state index in [1.165, 1.54) is 21.6 Å². The molecule has 3 heteroatoms. The van der Waals surface area contributed by atoms with Gasteiger partial charge in [-0.15, -0.1) is 11.8 Å². The summed E-state index contributed by atoms with van der Waals surface area (Å²) < 4.78 is 0. The highest BCUT2D eigenvalue weighted by Crippen LogP contribution is 2.41. The number of anilines is 1. The smallest absolute Gasteiger partial charge is 0.126 e. The number of rotatable bonds is 2. The standard InChI is InChI=1S/C15H16N2S/c1-10-6-11(15(16)17-8-10)7-12-9-18-14-5-3-2-4-13(12)14/h2-6,8,12H,7,9H2,1H3,(H2,16,17). The molecule has 0 spiro atoms. The van der Waals surface area contributed by atoms with Gasteiger partial charge in [-0.3, -0.25) is 0 Å². The van der Waals surface area contributed by atoms with Crippen LogP contribution in [0.5, 0.6) is 0 Å². The van der Waals surface area contributed by atoms with Crippen LogP contribution in [0.1, 0.15) is 22.6 Å². The Hall–Kier alpha value is -1.48. The third-order valence-corrected chi connectivity index (χ3v) is 4.66. The Morgan fingerprint density at radius 2 is 2.22 bits per heavy atom. The number of fused-ring (bicyclic) bond motifs is 1. The second-order valence-electron chi connectivity index (χ2n) is 4.81. The Labute approximate surface area is 112 Å². The number of thioether (sulfide) groups is 1. The molecule has 18 heavy (non-hydrogen) atoms. The minimum absolute atomic E-state index is 0.567. The van der Waals surface area contributed by atoms with Crippen molar-refractivity contribution in [2.24, 2.45) is 0 Å². The van der Waals surface area contributed by atoms with Crippen LogP contribution in [0.2, 0.25) is 0 Å². The fourth-order valence-electron chi connectivity index (χ4n) is 2.47. The highest BCUT2D eigenvalue weighted by molar-refractivity contribution is 7.99. The number of benzene rings is 1. The van der Waals surface area contributed by atoms with E-state index in [9.17, 15) is 0 Å².